The highest BCUT2D eigenvalue weighted by molar-refractivity contribution is 5.82. The Balaban J connectivity index is 1.63. The van der Waals surface area contributed by atoms with Gasteiger partial charge in [0.1, 0.15) is 0 Å². The Labute approximate surface area is 120 Å². The molecule has 108 valence electrons. The van der Waals surface area contributed by atoms with Gasteiger partial charge < -0.3 is 15.4 Å². The van der Waals surface area contributed by atoms with E-state index in [-0.39, 0.29) is 5.41 Å². The molecule has 0 radical (unpaired) electrons. The molecule has 3 heteroatoms. The minimum absolute atomic E-state index is 0.115. The molecule has 0 spiro atoms. The summed E-state index contributed by atoms with van der Waals surface area (Å²) < 4.78 is 0. The number of fused-ring (bicyclic) bond motifs is 1. The van der Waals surface area contributed by atoms with Crippen molar-refractivity contribution in [1.29, 1.82) is 0 Å². The van der Waals surface area contributed by atoms with Crippen LogP contribution in [0, 0.1) is 5.41 Å². The molecule has 3 rings (SSSR count). The molecular weight excluding hydrogens is 248 g/mol. The minimum Gasteiger partial charge on any atom is -0.396 e. The van der Waals surface area contributed by atoms with Gasteiger partial charge in [-0.1, -0.05) is 31.4 Å². The minimum atomic E-state index is 0.115. The molecule has 3 nitrogen and oxygen atoms in total. The van der Waals surface area contributed by atoms with E-state index in [9.17, 15) is 5.11 Å². The smallest absolute Gasteiger partial charge is 0.0499 e. The van der Waals surface area contributed by atoms with Crippen LogP contribution in [-0.2, 0) is 6.54 Å². The monoisotopic (exact) mass is 272 g/mol. The molecular formula is C17H24N2O. The molecule has 3 N–H and O–H groups in total. The van der Waals surface area contributed by atoms with Gasteiger partial charge in [0, 0.05) is 42.2 Å². The lowest BCUT2D eigenvalue weighted by Crippen LogP contribution is -2.38. The molecule has 1 aliphatic rings. The van der Waals surface area contributed by atoms with Crippen molar-refractivity contribution in [3.05, 3.63) is 36.0 Å². The van der Waals surface area contributed by atoms with Crippen molar-refractivity contribution in [3.63, 3.8) is 0 Å². The van der Waals surface area contributed by atoms with Crippen LogP contribution in [0.3, 0.4) is 0 Å². The Hall–Kier alpha value is -1.32. The van der Waals surface area contributed by atoms with Gasteiger partial charge >= 0.3 is 0 Å². The van der Waals surface area contributed by atoms with Crippen LogP contribution >= 0.6 is 0 Å². The Morgan fingerprint density at radius 2 is 2.00 bits per heavy atom. The SMILES string of the molecule is OCC1(CNCc2cccc3[nH]ccc23)CCCCC1. The first kappa shape index (κ1) is 13.7. The molecule has 1 aromatic carbocycles. The van der Waals surface area contributed by atoms with Gasteiger partial charge in [-0.25, -0.2) is 0 Å². The van der Waals surface area contributed by atoms with Crippen LogP contribution in [-0.4, -0.2) is 23.2 Å². The van der Waals surface area contributed by atoms with Gasteiger partial charge in [-0.05, 0) is 30.5 Å². The van der Waals surface area contributed by atoms with Crippen LogP contribution in [0.1, 0.15) is 37.7 Å². The Bertz CT molecular complexity index is 555. The van der Waals surface area contributed by atoms with Crippen LogP contribution in [0.15, 0.2) is 30.5 Å². The predicted molar refractivity (Wildman–Crippen MR) is 82.6 cm³/mol. The molecule has 2 aromatic rings. The van der Waals surface area contributed by atoms with E-state index in [2.05, 4.69) is 34.6 Å². The van der Waals surface area contributed by atoms with Crippen molar-refractivity contribution in [2.45, 2.75) is 38.6 Å². The van der Waals surface area contributed by atoms with E-state index in [0.29, 0.717) is 6.61 Å². The lowest BCUT2D eigenvalue weighted by Gasteiger charge is -2.35. The number of hydrogen-bond donors (Lipinski definition) is 3. The van der Waals surface area contributed by atoms with Gasteiger partial charge in [-0.2, -0.15) is 0 Å². The van der Waals surface area contributed by atoms with Crippen LogP contribution in [0.25, 0.3) is 10.9 Å². The van der Waals surface area contributed by atoms with Crippen LogP contribution in [0.4, 0.5) is 0 Å². The number of benzene rings is 1. The van der Waals surface area contributed by atoms with Crippen molar-refractivity contribution >= 4 is 10.9 Å². The number of nitrogens with one attached hydrogen (secondary N) is 2. The van der Waals surface area contributed by atoms with E-state index in [1.807, 2.05) is 6.20 Å². The zero-order chi connectivity index (χ0) is 13.8. The molecule has 0 atom stereocenters. The number of rotatable bonds is 5. The quantitative estimate of drug-likeness (QED) is 0.783. The molecule has 1 heterocycles. The van der Waals surface area contributed by atoms with Gasteiger partial charge in [-0.3, -0.25) is 0 Å². The van der Waals surface area contributed by atoms with Gasteiger partial charge in [0.15, 0.2) is 0 Å². The van der Waals surface area contributed by atoms with Crippen molar-refractivity contribution in [2.75, 3.05) is 13.2 Å². The molecule has 0 amide bonds. The summed E-state index contributed by atoms with van der Waals surface area (Å²) in [5, 5.41) is 14.6. The number of aliphatic hydroxyl groups excluding tert-OH is 1. The fourth-order valence-electron chi connectivity index (χ4n) is 3.46. The van der Waals surface area contributed by atoms with Crippen molar-refractivity contribution in [1.82, 2.24) is 10.3 Å². The summed E-state index contributed by atoms with van der Waals surface area (Å²) >= 11 is 0. The normalized spacial score (nSPS) is 18.4. The fraction of sp³-hybridized carbons (Fsp3) is 0.529. The molecule has 1 aromatic heterocycles. The van der Waals surface area contributed by atoms with Gasteiger partial charge in [0.05, 0.1) is 0 Å². The molecule has 0 unspecified atom stereocenters. The number of hydrogen-bond acceptors (Lipinski definition) is 2. The summed E-state index contributed by atoms with van der Waals surface area (Å²) in [5.41, 5.74) is 2.64. The third kappa shape index (κ3) is 2.74. The zero-order valence-corrected chi connectivity index (χ0v) is 12.0. The number of H-pyrrole nitrogens is 1. The predicted octanol–water partition coefficient (Wildman–Crippen LogP) is 3.20. The number of aromatic nitrogens is 1. The summed E-state index contributed by atoms with van der Waals surface area (Å²) in [6.45, 7) is 2.11. The third-order valence-corrected chi connectivity index (χ3v) is 4.75. The Kier molecular flexibility index (Phi) is 4.08. The summed E-state index contributed by atoms with van der Waals surface area (Å²) in [6, 6.07) is 8.51. The molecule has 20 heavy (non-hydrogen) atoms. The average molecular weight is 272 g/mol. The highest BCUT2D eigenvalue weighted by Crippen LogP contribution is 2.35. The fourth-order valence-corrected chi connectivity index (χ4v) is 3.46. The maximum Gasteiger partial charge on any atom is 0.0499 e. The molecule has 0 aliphatic heterocycles. The summed E-state index contributed by atoms with van der Waals surface area (Å²) in [6.07, 6.45) is 8.15. The van der Waals surface area contributed by atoms with E-state index in [0.717, 1.165) is 25.9 Å². The van der Waals surface area contributed by atoms with Crippen LogP contribution in [0.5, 0.6) is 0 Å². The highest BCUT2D eigenvalue weighted by atomic mass is 16.3. The van der Waals surface area contributed by atoms with E-state index >= 15 is 0 Å². The van der Waals surface area contributed by atoms with E-state index in [4.69, 9.17) is 0 Å². The van der Waals surface area contributed by atoms with Crippen LogP contribution in [0.2, 0.25) is 0 Å². The highest BCUT2D eigenvalue weighted by Gasteiger charge is 2.30. The van der Waals surface area contributed by atoms with Crippen molar-refractivity contribution in [2.24, 2.45) is 5.41 Å². The first-order valence-corrected chi connectivity index (χ1v) is 7.70. The average Bonchev–Trinajstić information content (AvgIpc) is 2.98. The van der Waals surface area contributed by atoms with E-state index in [1.165, 1.54) is 35.7 Å². The summed E-state index contributed by atoms with van der Waals surface area (Å²) in [5.74, 6) is 0. The molecule has 1 fully saturated rings. The second kappa shape index (κ2) is 5.98. The number of aliphatic hydroxyl groups is 1. The zero-order valence-electron chi connectivity index (χ0n) is 12.0. The van der Waals surface area contributed by atoms with E-state index in [1.54, 1.807) is 0 Å². The van der Waals surface area contributed by atoms with Gasteiger partial charge in [-0.15, -0.1) is 0 Å². The van der Waals surface area contributed by atoms with E-state index < -0.39 is 0 Å². The van der Waals surface area contributed by atoms with Gasteiger partial charge in [0.2, 0.25) is 0 Å². The topological polar surface area (TPSA) is 48.0 Å². The molecule has 1 aliphatic carbocycles. The van der Waals surface area contributed by atoms with Crippen molar-refractivity contribution < 1.29 is 5.11 Å². The Morgan fingerprint density at radius 1 is 1.15 bits per heavy atom. The third-order valence-electron chi connectivity index (χ3n) is 4.75. The maximum absolute atomic E-state index is 9.73. The maximum atomic E-state index is 9.73. The number of aromatic amines is 1. The largest absolute Gasteiger partial charge is 0.396 e. The molecule has 0 bridgehead atoms. The van der Waals surface area contributed by atoms with Crippen LogP contribution < -0.4 is 5.32 Å². The molecule has 0 saturated heterocycles. The lowest BCUT2D eigenvalue weighted by atomic mass is 9.74. The first-order valence-electron chi connectivity index (χ1n) is 7.70. The second-order valence-electron chi connectivity index (χ2n) is 6.18. The van der Waals surface area contributed by atoms with Crippen molar-refractivity contribution in [3.8, 4) is 0 Å². The Morgan fingerprint density at radius 3 is 2.80 bits per heavy atom. The summed E-state index contributed by atoms with van der Waals surface area (Å²) in [7, 11) is 0. The van der Waals surface area contributed by atoms with Gasteiger partial charge in [0.25, 0.3) is 0 Å². The first-order chi connectivity index (χ1) is 9.83. The second-order valence-corrected chi connectivity index (χ2v) is 6.18. The standard InChI is InChI=1S/C17H24N2O/c20-13-17(8-2-1-3-9-17)12-18-11-14-5-4-6-16-15(14)7-10-19-16/h4-7,10,18-20H,1-3,8-9,11-13H2. The summed E-state index contributed by atoms with van der Waals surface area (Å²) in [4.78, 5) is 3.25. The lowest BCUT2D eigenvalue weighted by molar-refractivity contribution is 0.0811. The molecule has 1 saturated carbocycles.